The highest BCUT2D eigenvalue weighted by Crippen LogP contribution is 2.32. The molecule has 1 atom stereocenters. The second-order valence-corrected chi connectivity index (χ2v) is 9.32. The molecular formula is C32H23F3N2O3. The summed E-state index contributed by atoms with van der Waals surface area (Å²) in [6, 6.07) is 28.1. The van der Waals surface area contributed by atoms with Gasteiger partial charge >= 0.3 is 12.1 Å². The van der Waals surface area contributed by atoms with Crippen molar-refractivity contribution in [2.75, 3.05) is 0 Å². The largest absolute Gasteiger partial charge is 0.481 e. The third-order valence-corrected chi connectivity index (χ3v) is 6.60. The van der Waals surface area contributed by atoms with Crippen LogP contribution in [-0.4, -0.2) is 22.0 Å². The monoisotopic (exact) mass is 540 g/mol. The van der Waals surface area contributed by atoms with Gasteiger partial charge < -0.3 is 10.4 Å². The number of aliphatic carboxylic acids is 1. The zero-order valence-electron chi connectivity index (χ0n) is 21.0. The summed E-state index contributed by atoms with van der Waals surface area (Å²) in [6.07, 6.45) is -3.20. The van der Waals surface area contributed by atoms with Crippen LogP contribution in [0.3, 0.4) is 0 Å². The number of pyridine rings is 1. The van der Waals surface area contributed by atoms with Crippen LogP contribution in [0, 0.1) is 0 Å². The average molecular weight is 541 g/mol. The maximum Gasteiger partial charge on any atom is 0.416 e. The molecule has 0 radical (unpaired) electrons. The summed E-state index contributed by atoms with van der Waals surface area (Å²) in [5.41, 5.74) is 3.37. The molecule has 1 aromatic heterocycles. The summed E-state index contributed by atoms with van der Waals surface area (Å²) in [6.45, 7) is 0. The van der Waals surface area contributed by atoms with Gasteiger partial charge in [-0.15, -0.1) is 0 Å². The van der Waals surface area contributed by atoms with Gasteiger partial charge in [-0.2, -0.15) is 13.2 Å². The van der Waals surface area contributed by atoms with Crippen LogP contribution in [0.25, 0.3) is 33.0 Å². The van der Waals surface area contributed by atoms with E-state index in [-0.39, 0.29) is 12.1 Å². The van der Waals surface area contributed by atoms with Gasteiger partial charge in [0.1, 0.15) is 5.69 Å². The van der Waals surface area contributed by atoms with Gasteiger partial charge in [0.05, 0.1) is 18.0 Å². The van der Waals surface area contributed by atoms with E-state index in [1.54, 1.807) is 36.4 Å². The first-order valence-corrected chi connectivity index (χ1v) is 12.4. The second-order valence-electron chi connectivity index (χ2n) is 9.32. The van der Waals surface area contributed by atoms with Crippen molar-refractivity contribution in [3.63, 3.8) is 0 Å². The molecule has 5 rings (SSSR count). The van der Waals surface area contributed by atoms with Crippen LogP contribution in [0.2, 0.25) is 0 Å². The summed E-state index contributed by atoms with van der Waals surface area (Å²) in [5.74, 6) is -1.58. The molecule has 0 fully saturated rings. The number of alkyl halides is 3. The van der Waals surface area contributed by atoms with Crippen LogP contribution in [0.1, 0.15) is 34.1 Å². The molecule has 0 saturated heterocycles. The summed E-state index contributed by atoms with van der Waals surface area (Å²) in [4.78, 5) is 28.9. The highest BCUT2D eigenvalue weighted by Gasteiger charge is 2.30. The van der Waals surface area contributed by atoms with E-state index in [1.807, 2.05) is 42.5 Å². The molecule has 40 heavy (non-hydrogen) atoms. The Hall–Kier alpha value is -4.98. The van der Waals surface area contributed by atoms with Crippen molar-refractivity contribution in [1.82, 2.24) is 10.3 Å². The minimum atomic E-state index is -4.40. The van der Waals surface area contributed by atoms with Gasteiger partial charge in [-0.1, -0.05) is 78.9 Å². The summed E-state index contributed by atoms with van der Waals surface area (Å²) >= 11 is 0. The van der Waals surface area contributed by atoms with Crippen LogP contribution in [0.5, 0.6) is 0 Å². The average Bonchev–Trinajstić information content (AvgIpc) is 2.96. The molecule has 1 unspecified atom stereocenters. The van der Waals surface area contributed by atoms with E-state index in [1.165, 1.54) is 18.3 Å². The first-order chi connectivity index (χ1) is 19.2. The SMILES string of the molecule is O=C(O)CC(NC(=O)c1cc2ccc(-c3ccc(C(F)(F)F)cc3)cc2cn1)c1ccc(-c2ccccc2)cc1. The molecule has 2 N–H and O–H groups in total. The van der Waals surface area contributed by atoms with Gasteiger partial charge in [-0.25, -0.2) is 0 Å². The molecule has 0 spiro atoms. The highest BCUT2D eigenvalue weighted by molar-refractivity contribution is 5.97. The normalized spacial score (nSPS) is 12.2. The molecular weight excluding hydrogens is 517 g/mol. The van der Waals surface area contributed by atoms with E-state index in [4.69, 9.17) is 0 Å². The maximum atomic E-state index is 13.1. The van der Waals surface area contributed by atoms with Crippen molar-refractivity contribution < 1.29 is 27.9 Å². The van der Waals surface area contributed by atoms with Gasteiger partial charge in [0.2, 0.25) is 0 Å². The lowest BCUT2D eigenvalue weighted by molar-refractivity contribution is -0.138. The number of carbonyl (C=O) groups excluding carboxylic acids is 1. The number of aromatic nitrogens is 1. The fourth-order valence-corrected chi connectivity index (χ4v) is 4.49. The Balaban J connectivity index is 1.35. The maximum absolute atomic E-state index is 13.1. The molecule has 0 bridgehead atoms. The summed E-state index contributed by atoms with van der Waals surface area (Å²) in [7, 11) is 0. The molecule has 4 aromatic carbocycles. The number of carboxylic acids is 1. The Labute approximate surface area is 227 Å². The zero-order chi connectivity index (χ0) is 28.3. The van der Waals surface area contributed by atoms with E-state index >= 15 is 0 Å². The lowest BCUT2D eigenvalue weighted by atomic mass is 9.98. The molecule has 0 aliphatic rings. The van der Waals surface area contributed by atoms with Gasteiger partial charge in [-0.05, 0) is 57.5 Å². The fourth-order valence-electron chi connectivity index (χ4n) is 4.49. The van der Waals surface area contributed by atoms with Crippen LogP contribution in [-0.2, 0) is 11.0 Å². The summed E-state index contributed by atoms with van der Waals surface area (Å²) in [5, 5.41) is 13.6. The quantitative estimate of drug-likeness (QED) is 0.224. The predicted molar refractivity (Wildman–Crippen MR) is 147 cm³/mol. The number of nitrogens with one attached hydrogen (secondary N) is 1. The lowest BCUT2D eigenvalue weighted by Crippen LogP contribution is -2.30. The molecule has 0 saturated carbocycles. The number of rotatable bonds is 7. The Morgan fingerprint density at radius 1 is 0.750 bits per heavy atom. The molecule has 1 heterocycles. The Morgan fingerprint density at radius 3 is 2.00 bits per heavy atom. The van der Waals surface area contributed by atoms with E-state index in [0.717, 1.165) is 23.3 Å². The van der Waals surface area contributed by atoms with Crippen LogP contribution < -0.4 is 5.32 Å². The Bertz CT molecular complexity index is 1670. The number of amides is 1. The third kappa shape index (κ3) is 6.02. The van der Waals surface area contributed by atoms with Crippen molar-refractivity contribution in [1.29, 1.82) is 0 Å². The van der Waals surface area contributed by atoms with E-state index in [0.29, 0.717) is 27.5 Å². The van der Waals surface area contributed by atoms with Crippen molar-refractivity contribution in [2.45, 2.75) is 18.6 Å². The lowest BCUT2D eigenvalue weighted by Gasteiger charge is -2.18. The van der Waals surface area contributed by atoms with Crippen LogP contribution in [0.15, 0.2) is 109 Å². The fraction of sp³-hybridized carbons (Fsp3) is 0.0938. The molecule has 1 amide bonds. The van der Waals surface area contributed by atoms with Gasteiger partial charge in [0, 0.05) is 11.6 Å². The number of carbonyl (C=O) groups is 2. The van der Waals surface area contributed by atoms with Crippen molar-refractivity contribution in [2.24, 2.45) is 0 Å². The van der Waals surface area contributed by atoms with Gasteiger partial charge in [0.25, 0.3) is 5.91 Å². The number of halogens is 3. The number of carboxylic acid groups (broad SMARTS) is 1. The topological polar surface area (TPSA) is 79.3 Å². The summed E-state index contributed by atoms with van der Waals surface area (Å²) < 4.78 is 38.6. The van der Waals surface area contributed by atoms with E-state index in [2.05, 4.69) is 10.3 Å². The zero-order valence-corrected chi connectivity index (χ0v) is 21.0. The second kappa shape index (κ2) is 11.0. The first kappa shape index (κ1) is 26.6. The molecule has 8 heteroatoms. The van der Waals surface area contributed by atoms with Crippen LogP contribution in [0.4, 0.5) is 13.2 Å². The van der Waals surface area contributed by atoms with Crippen LogP contribution >= 0.6 is 0 Å². The minimum absolute atomic E-state index is 0.117. The minimum Gasteiger partial charge on any atom is -0.481 e. The smallest absolute Gasteiger partial charge is 0.416 e. The molecule has 0 aliphatic heterocycles. The van der Waals surface area contributed by atoms with E-state index in [9.17, 15) is 27.9 Å². The van der Waals surface area contributed by atoms with Gasteiger partial charge in [0.15, 0.2) is 0 Å². The highest BCUT2D eigenvalue weighted by atomic mass is 19.4. The Kier molecular flexibility index (Phi) is 7.33. The number of hydrogen-bond acceptors (Lipinski definition) is 3. The first-order valence-electron chi connectivity index (χ1n) is 12.4. The number of hydrogen-bond donors (Lipinski definition) is 2. The van der Waals surface area contributed by atoms with Crippen molar-refractivity contribution >= 4 is 22.6 Å². The number of fused-ring (bicyclic) bond motifs is 1. The van der Waals surface area contributed by atoms with Gasteiger partial charge in [-0.3, -0.25) is 14.6 Å². The number of benzene rings is 4. The van der Waals surface area contributed by atoms with E-state index < -0.39 is 29.7 Å². The predicted octanol–water partition coefficient (Wildman–Crippen LogP) is 7.53. The standard InChI is InChI=1S/C32H23F3N2O3/c33-32(34,35)27-14-12-22(13-15-27)24-10-11-25-17-29(36-19-26(25)16-24)31(40)37-28(18-30(38)39)23-8-6-21(7-9-23)20-4-2-1-3-5-20/h1-17,19,28H,18H2,(H,37,40)(H,38,39). The third-order valence-electron chi connectivity index (χ3n) is 6.60. The molecule has 5 aromatic rings. The van der Waals surface area contributed by atoms with Crippen molar-refractivity contribution in [3.8, 4) is 22.3 Å². The molecule has 200 valence electrons. The van der Waals surface area contributed by atoms with Crippen molar-refractivity contribution in [3.05, 3.63) is 126 Å². The molecule has 5 nitrogen and oxygen atoms in total. The number of nitrogens with zero attached hydrogens (tertiary/aromatic N) is 1. The molecule has 0 aliphatic carbocycles. The Morgan fingerprint density at radius 2 is 1.35 bits per heavy atom.